The molecule has 0 amide bonds. The average Bonchev–Trinajstić information content (AvgIpc) is 2.92. The van der Waals surface area contributed by atoms with Gasteiger partial charge in [-0.1, -0.05) is 25.1 Å². The van der Waals surface area contributed by atoms with E-state index in [0.717, 1.165) is 0 Å². The van der Waals surface area contributed by atoms with Gasteiger partial charge in [-0.2, -0.15) is 5.26 Å². The van der Waals surface area contributed by atoms with E-state index in [1.807, 2.05) is 6.07 Å². The van der Waals surface area contributed by atoms with Crippen LogP contribution in [-0.4, -0.2) is 48.7 Å². The fourth-order valence-electron chi connectivity index (χ4n) is 2.69. The highest BCUT2D eigenvalue weighted by atomic mass is 31.2. The van der Waals surface area contributed by atoms with Crippen LogP contribution in [0.15, 0.2) is 35.3 Å². The van der Waals surface area contributed by atoms with Crippen LogP contribution in [0.25, 0.3) is 0 Å². The predicted molar refractivity (Wildman–Crippen MR) is 108 cm³/mol. The highest BCUT2D eigenvalue weighted by Crippen LogP contribution is 2.46. The second-order valence-electron chi connectivity index (χ2n) is 6.64. The Labute approximate surface area is 169 Å². The molecule has 0 bridgehead atoms. The number of amidine groups is 1. The van der Waals surface area contributed by atoms with Crippen LogP contribution in [0.1, 0.15) is 20.3 Å². The lowest BCUT2D eigenvalue weighted by molar-refractivity contribution is -0.0153. The number of aliphatic imine (C=N–C) groups is 1. The largest absolute Gasteiger partial charge is 0.458 e. The third-order valence-corrected chi connectivity index (χ3v) is 5.95. The first-order chi connectivity index (χ1) is 13.7. The van der Waals surface area contributed by atoms with E-state index >= 15 is 0 Å². The van der Waals surface area contributed by atoms with E-state index in [1.54, 1.807) is 37.3 Å². The molecule has 1 heterocycles. The van der Waals surface area contributed by atoms with Gasteiger partial charge in [0.05, 0.1) is 18.5 Å². The molecule has 5 N–H and O–H groups in total. The Bertz CT molecular complexity index is 815. The number of nitrogens with two attached hydrogens (primary N) is 1. The van der Waals surface area contributed by atoms with Gasteiger partial charge < -0.3 is 20.1 Å². The van der Waals surface area contributed by atoms with E-state index in [0.29, 0.717) is 12.3 Å². The molecule has 0 radical (unpaired) electrons. The standard InChI is InChI=1S/C18H26N5O5P/c1-3-23-29(25,28-13-7-5-4-6-8-13)26-11-14-16(24)18(2,12-19)17(27-14)22-10-9-15(20)21/h4-8,10,14,16-17,24H,3,9,11H2,1-2H3,(H3,20,21)(H,23,25). The molecule has 2 rings (SSSR count). The summed E-state index contributed by atoms with van der Waals surface area (Å²) in [6.07, 6.45) is -1.71. The van der Waals surface area contributed by atoms with Crippen LogP contribution in [0.4, 0.5) is 0 Å². The van der Waals surface area contributed by atoms with Crippen LogP contribution in [0.3, 0.4) is 0 Å². The van der Waals surface area contributed by atoms with Crippen LogP contribution >= 0.6 is 7.75 Å². The summed E-state index contributed by atoms with van der Waals surface area (Å²) in [6.45, 7) is 3.30. The Morgan fingerprint density at radius 2 is 2.24 bits per heavy atom. The summed E-state index contributed by atoms with van der Waals surface area (Å²) in [6, 6.07) is 10.6. The molecule has 1 fully saturated rings. The highest BCUT2D eigenvalue weighted by Gasteiger charge is 2.54. The number of para-hydroxylation sites is 1. The molecule has 0 aliphatic carbocycles. The molecule has 0 aromatic heterocycles. The molecule has 1 aliphatic rings. The molecule has 1 aromatic rings. The molecule has 1 saturated heterocycles. The van der Waals surface area contributed by atoms with E-state index in [-0.39, 0.29) is 18.9 Å². The Kier molecular flexibility index (Phi) is 7.90. The van der Waals surface area contributed by atoms with Crippen molar-refractivity contribution >= 4 is 19.8 Å². The summed E-state index contributed by atoms with van der Waals surface area (Å²) < 4.78 is 29.6. The van der Waals surface area contributed by atoms with Crippen LogP contribution in [0.5, 0.6) is 5.75 Å². The summed E-state index contributed by atoms with van der Waals surface area (Å²) >= 11 is 0. The van der Waals surface area contributed by atoms with Gasteiger partial charge in [-0.3, -0.25) is 14.9 Å². The fraction of sp³-hybridized carbons (Fsp3) is 0.500. The molecule has 0 saturated carbocycles. The number of aliphatic hydroxyl groups excluding tert-OH is 1. The Morgan fingerprint density at radius 1 is 1.55 bits per heavy atom. The minimum atomic E-state index is -3.73. The molecule has 29 heavy (non-hydrogen) atoms. The van der Waals surface area contributed by atoms with Crippen molar-refractivity contribution in [2.75, 3.05) is 13.2 Å². The van der Waals surface area contributed by atoms with Crippen LogP contribution in [0.2, 0.25) is 0 Å². The van der Waals surface area contributed by atoms with Crippen molar-refractivity contribution in [3.8, 4) is 11.8 Å². The minimum absolute atomic E-state index is 0.0875. The number of rotatable bonds is 10. The maximum atomic E-state index is 13.0. The third-order valence-electron chi connectivity index (χ3n) is 4.31. The van der Waals surface area contributed by atoms with Gasteiger partial charge in [-0.15, -0.1) is 0 Å². The van der Waals surface area contributed by atoms with E-state index in [2.05, 4.69) is 10.1 Å². The number of aliphatic hydroxyl groups is 1. The Hall–Kier alpha value is -2.28. The Balaban J connectivity index is 2.09. The summed E-state index contributed by atoms with van der Waals surface area (Å²) in [7, 11) is -3.73. The van der Waals surface area contributed by atoms with E-state index in [1.165, 1.54) is 13.1 Å². The Morgan fingerprint density at radius 3 is 2.83 bits per heavy atom. The lowest BCUT2D eigenvalue weighted by atomic mass is 9.84. The van der Waals surface area contributed by atoms with Gasteiger partial charge in [0.25, 0.3) is 0 Å². The highest BCUT2D eigenvalue weighted by molar-refractivity contribution is 7.52. The molecule has 5 unspecified atom stereocenters. The second-order valence-corrected chi connectivity index (χ2v) is 8.39. The second kappa shape index (κ2) is 9.96. The number of nitriles is 1. The lowest BCUT2D eigenvalue weighted by Gasteiger charge is -2.23. The summed E-state index contributed by atoms with van der Waals surface area (Å²) in [5, 5.41) is 30.0. The molecule has 158 valence electrons. The zero-order chi connectivity index (χ0) is 21.5. The first-order valence-corrected chi connectivity index (χ1v) is 10.6. The van der Waals surface area contributed by atoms with Crippen LogP contribution in [-0.2, 0) is 13.8 Å². The molecular formula is C18H26N5O5P. The molecule has 11 heteroatoms. The SMILES string of the molecule is CCNP(=O)(OCC1OC(N=CCC(=N)N)C(C)(C#N)C1O)Oc1ccccc1. The summed E-state index contributed by atoms with van der Waals surface area (Å²) in [5.41, 5.74) is 3.94. The maximum absolute atomic E-state index is 13.0. The van der Waals surface area contributed by atoms with Crippen molar-refractivity contribution in [2.24, 2.45) is 16.1 Å². The normalized spacial score (nSPS) is 28.7. The minimum Gasteiger partial charge on any atom is -0.413 e. The topological polar surface area (TPSA) is 163 Å². The van der Waals surface area contributed by atoms with E-state index < -0.39 is 31.6 Å². The molecule has 10 nitrogen and oxygen atoms in total. The lowest BCUT2D eigenvalue weighted by Crippen LogP contribution is -2.38. The van der Waals surface area contributed by atoms with E-state index in [9.17, 15) is 14.9 Å². The third kappa shape index (κ3) is 5.85. The number of hydrogen-bond acceptors (Lipinski definition) is 8. The van der Waals surface area contributed by atoms with Crippen molar-refractivity contribution < 1.29 is 23.5 Å². The molecule has 1 aliphatic heterocycles. The van der Waals surface area contributed by atoms with Gasteiger partial charge in [0.15, 0.2) is 6.23 Å². The van der Waals surface area contributed by atoms with Crippen molar-refractivity contribution in [2.45, 2.75) is 38.7 Å². The molecule has 1 aromatic carbocycles. The number of ether oxygens (including phenoxy) is 1. The number of nitrogens with zero attached hydrogens (tertiary/aromatic N) is 2. The maximum Gasteiger partial charge on any atom is 0.458 e. The first kappa shape index (κ1) is 23.0. The monoisotopic (exact) mass is 423 g/mol. The zero-order valence-corrected chi connectivity index (χ0v) is 17.2. The molecule has 0 spiro atoms. The summed E-state index contributed by atoms with van der Waals surface area (Å²) in [5.74, 6) is 0.272. The fourth-order valence-corrected chi connectivity index (χ4v) is 4.03. The van der Waals surface area contributed by atoms with Gasteiger partial charge in [-0.25, -0.2) is 9.65 Å². The number of benzene rings is 1. The predicted octanol–water partition coefficient (Wildman–Crippen LogP) is 1.81. The van der Waals surface area contributed by atoms with Gasteiger partial charge in [0.2, 0.25) is 0 Å². The number of nitrogens with one attached hydrogen (secondary N) is 2. The smallest absolute Gasteiger partial charge is 0.413 e. The van der Waals surface area contributed by atoms with Crippen molar-refractivity contribution in [1.82, 2.24) is 5.09 Å². The van der Waals surface area contributed by atoms with Gasteiger partial charge >= 0.3 is 7.75 Å². The number of hydrogen-bond donors (Lipinski definition) is 4. The quantitative estimate of drug-likeness (QED) is 0.251. The van der Waals surface area contributed by atoms with Gasteiger partial charge in [0.1, 0.15) is 23.4 Å². The van der Waals surface area contributed by atoms with E-state index in [4.69, 9.17) is 24.9 Å². The zero-order valence-electron chi connectivity index (χ0n) is 16.3. The van der Waals surface area contributed by atoms with Crippen molar-refractivity contribution in [3.63, 3.8) is 0 Å². The van der Waals surface area contributed by atoms with Gasteiger partial charge in [0, 0.05) is 19.2 Å². The first-order valence-electron chi connectivity index (χ1n) is 9.07. The average molecular weight is 423 g/mol. The summed E-state index contributed by atoms with van der Waals surface area (Å²) in [4.78, 5) is 4.11. The van der Waals surface area contributed by atoms with Crippen LogP contribution in [0, 0.1) is 22.2 Å². The molecular weight excluding hydrogens is 397 g/mol. The molecule has 5 atom stereocenters. The van der Waals surface area contributed by atoms with Gasteiger partial charge in [-0.05, 0) is 19.1 Å². The van der Waals surface area contributed by atoms with Crippen LogP contribution < -0.4 is 15.3 Å². The van der Waals surface area contributed by atoms with Crippen molar-refractivity contribution in [1.29, 1.82) is 10.7 Å². The van der Waals surface area contributed by atoms with Crippen molar-refractivity contribution in [3.05, 3.63) is 30.3 Å².